The van der Waals surface area contributed by atoms with E-state index in [2.05, 4.69) is 30.9 Å². The fourth-order valence-corrected chi connectivity index (χ4v) is 3.29. The van der Waals surface area contributed by atoms with E-state index in [9.17, 15) is 14.0 Å². The quantitative estimate of drug-likeness (QED) is 0.648. The van der Waals surface area contributed by atoms with Crippen LogP contribution >= 0.6 is 0 Å². The normalized spacial score (nSPS) is 14.3. The second kappa shape index (κ2) is 8.18. The van der Waals surface area contributed by atoms with Gasteiger partial charge in [-0.3, -0.25) is 0 Å². The summed E-state index contributed by atoms with van der Waals surface area (Å²) < 4.78 is 30.2. The molecule has 0 bridgehead atoms. The maximum absolute atomic E-state index is 12.5. The van der Waals surface area contributed by atoms with Crippen molar-refractivity contribution >= 4 is 22.4 Å². The number of nitrogens with zero attached hydrogens (tertiary/aromatic N) is 7. The van der Waals surface area contributed by atoms with Gasteiger partial charge in [-0.1, -0.05) is 0 Å². The van der Waals surface area contributed by atoms with Gasteiger partial charge in [0, 0.05) is 44.3 Å². The minimum atomic E-state index is -2.57. The van der Waals surface area contributed by atoms with Crippen molar-refractivity contribution in [2.45, 2.75) is 6.43 Å². The Morgan fingerprint density at radius 1 is 1.03 bits per heavy atom. The summed E-state index contributed by atoms with van der Waals surface area (Å²) in [6.07, 6.45) is 1.81. The molecule has 8 nitrogen and oxygen atoms in total. The van der Waals surface area contributed by atoms with Crippen LogP contribution in [0, 0.1) is 11.3 Å². The van der Waals surface area contributed by atoms with E-state index in [1.165, 1.54) is 12.5 Å². The van der Waals surface area contributed by atoms with Gasteiger partial charge in [0.15, 0.2) is 18.1 Å². The van der Waals surface area contributed by atoms with Crippen molar-refractivity contribution < 1.29 is 13.5 Å². The van der Waals surface area contributed by atoms with Gasteiger partial charge >= 0.3 is 0 Å². The number of hydrogen-bond donors (Lipinski definition) is 0. The minimum absolute atomic E-state index is 0.147. The highest BCUT2D eigenvalue weighted by Crippen LogP contribution is 2.28. The molecule has 29 heavy (non-hydrogen) atoms. The summed E-state index contributed by atoms with van der Waals surface area (Å²) in [4.78, 5) is 20.7. The number of anilines is 2. The van der Waals surface area contributed by atoms with Crippen LogP contribution in [0.1, 0.15) is 5.69 Å². The lowest BCUT2D eigenvalue weighted by Gasteiger charge is -2.36. The van der Waals surface area contributed by atoms with Crippen LogP contribution in [-0.2, 0) is 0 Å². The standard InChI is InChI=1S/C19H17F2N7O/c20-17(21)11-29-19-14-9-13(1-2-15(14)25-12-26-19)27-5-7-28(8-6-27)18-16(10-22)23-3-4-24-18/h1-4,9,12,17H,5-8,11H2. The molecule has 0 aliphatic carbocycles. The summed E-state index contributed by atoms with van der Waals surface area (Å²) in [6.45, 7) is 2.03. The van der Waals surface area contributed by atoms with Crippen LogP contribution in [0.2, 0.25) is 0 Å². The molecule has 0 unspecified atom stereocenters. The first-order chi connectivity index (χ1) is 14.2. The van der Waals surface area contributed by atoms with Crippen LogP contribution in [0.5, 0.6) is 5.88 Å². The van der Waals surface area contributed by atoms with E-state index in [-0.39, 0.29) is 5.88 Å². The van der Waals surface area contributed by atoms with E-state index in [0.717, 1.165) is 5.69 Å². The van der Waals surface area contributed by atoms with Crippen molar-refractivity contribution in [3.8, 4) is 11.9 Å². The molecule has 2 aromatic heterocycles. The minimum Gasteiger partial charge on any atom is -0.471 e. The summed E-state index contributed by atoms with van der Waals surface area (Å²) in [5.74, 6) is 0.734. The molecule has 3 heterocycles. The molecular formula is C19H17F2N7O. The first-order valence-electron chi connectivity index (χ1n) is 9.02. The van der Waals surface area contributed by atoms with E-state index >= 15 is 0 Å². The zero-order valence-electron chi connectivity index (χ0n) is 15.4. The fraction of sp³-hybridized carbons (Fsp3) is 0.316. The van der Waals surface area contributed by atoms with Crippen molar-refractivity contribution in [3.63, 3.8) is 0 Å². The van der Waals surface area contributed by atoms with Crippen LogP contribution in [0.25, 0.3) is 10.9 Å². The van der Waals surface area contributed by atoms with Crippen molar-refractivity contribution in [3.05, 3.63) is 42.6 Å². The number of nitriles is 1. The largest absolute Gasteiger partial charge is 0.471 e. The Balaban J connectivity index is 1.52. The number of hydrogen-bond acceptors (Lipinski definition) is 8. The second-order valence-electron chi connectivity index (χ2n) is 6.40. The Kier molecular flexibility index (Phi) is 5.29. The number of piperazine rings is 1. The smallest absolute Gasteiger partial charge is 0.272 e. The average Bonchev–Trinajstić information content (AvgIpc) is 2.77. The summed E-state index contributed by atoms with van der Waals surface area (Å²) in [6, 6.07) is 7.69. The lowest BCUT2D eigenvalue weighted by molar-refractivity contribution is 0.0804. The Morgan fingerprint density at radius 3 is 2.55 bits per heavy atom. The highest BCUT2D eigenvalue weighted by atomic mass is 19.3. The molecule has 0 radical (unpaired) electrons. The van der Waals surface area contributed by atoms with E-state index < -0.39 is 13.0 Å². The van der Waals surface area contributed by atoms with Gasteiger partial charge in [-0.15, -0.1) is 0 Å². The lowest BCUT2D eigenvalue weighted by atomic mass is 10.2. The van der Waals surface area contributed by atoms with Gasteiger partial charge in [0.1, 0.15) is 12.4 Å². The molecule has 0 N–H and O–H groups in total. The molecule has 0 saturated carbocycles. The number of fused-ring (bicyclic) bond motifs is 1. The molecule has 3 aromatic rings. The third-order valence-electron chi connectivity index (χ3n) is 4.66. The first kappa shape index (κ1) is 18.7. The number of aromatic nitrogens is 4. The Hall–Kier alpha value is -3.61. The average molecular weight is 397 g/mol. The van der Waals surface area contributed by atoms with Gasteiger partial charge < -0.3 is 14.5 Å². The molecule has 4 rings (SSSR count). The number of ether oxygens (including phenoxy) is 1. The lowest BCUT2D eigenvalue weighted by Crippen LogP contribution is -2.47. The van der Waals surface area contributed by atoms with Gasteiger partial charge in [0.05, 0.1) is 10.9 Å². The number of halogens is 2. The summed E-state index contributed by atoms with van der Waals surface area (Å²) in [5, 5.41) is 9.81. The third-order valence-corrected chi connectivity index (χ3v) is 4.66. The van der Waals surface area contributed by atoms with Crippen LogP contribution in [-0.4, -0.2) is 59.1 Å². The predicted octanol–water partition coefficient (Wildman–Crippen LogP) is 2.26. The van der Waals surface area contributed by atoms with Crippen LogP contribution in [0.3, 0.4) is 0 Å². The Bertz CT molecular complexity index is 1050. The molecule has 1 saturated heterocycles. The van der Waals surface area contributed by atoms with Crippen molar-refractivity contribution in [1.29, 1.82) is 5.26 Å². The number of alkyl halides is 2. The molecule has 0 atom stereocenters. The zero-order valence-corrected chi connectivity index (χ0v) is 15.4. The SMILES string of the molecule is N#Cc1nccnc1N1CCN(c2ccc3ncnc(OCC(F)F)c3c2)CC1. The van der Waals surface area contributed by atoms with Gasteiger partial charge in [0.2, 0.25) is 5.88 Å². The number of rotatable bonds is 5. The van der Waals surface area contributed by atoms with E-state index in [1.54, 1.807) is 6.20 Å². The summed E-state index contributed by atoms with van der Waals surface area (Å²) >= 11 is 0. The Morgan fingerprint density at radius 2 is 1.79 bits per heavy atom. The van der Waals surface area contributed by atoms with Crippen molar-refractivity contribution in [2.75, 3.05) is 42.6 Å². The third kappa shape index (κ3) is 3.99. The fourth-order valence-electron chi connectivity index (χ4n) is 3.29. The predicted molar refractivity (Wildman–Crippen MR) is 102 cm³/mol. The topological polar surface area (TPSA) is 91.1 Å². The van der Waals surface area contributed by atoms with Gasteiger partial charge in [-0.2, -0.15) is 5.26 Å². The van der Waals surface area contributed by atoms with Crippen LogP contribution in [0.15, 0.2) is 36.9 Å². The summed E-state index contributed by atoms with van der Waals surface area (Å²) in [7, 11) is 0. The molecular weight excluding hydrogens is 380 g/mol. The van der Waals surface area contributed by atoms with Gasteiger partial charge in [-0.05, 0) is 18.2 Å². The van der Waals surface area contributed by atoms with E-state index in [0.29, 0.717) is 48.6 Å². The highest BCUT2D eigenvalue weighted by molar-refractivity contribution is 5.86. The van der Waals surface area contributed by atoms with E-state index in [4.69, 9.17) is 4.74 Å². The second-order valence-corrected chi connectivity index (χ2v) is 6.40. The molecule has 1 aromatic carbocycles. The molecule has 148 valence electrons. The van der Waals surface area contributed by atoms with Crippen molar-refractivity contribution in [1.82, 2.24) is 19.9 Å². The molecule has 10 heteroatoms. The highest BCUT2D eigenvalue weighted by Gasteiger charge is 2.21. The first-order valence-corrected chi connectivity index (χ1v) is 9.02. The van der Waals surface area contributed by atoms with Crippen LogP contribution < -0.4 is 14.5 Å². The maximum atomic E-state index is 12.5. The van der Waals surface area contributed by atoms with Gasteiger partial charge in [0.25, 0.3) is 6.43 Å². The van der Waals surface area contributed by atoms with E-state index in [1.807, 2.05) is 23.1 Å². The summed E-state index contributed by atoms with van der Waals surface area (Å²) in [5.41, 5.74) is 1.86. The maximum Gasteiger partial charge on any atom is 0.272 e. The molecule has 0 amide bonds. The Labute approximate surface area is 165 Å². The zero-order chi connectivity index (χ0) is 20.2. The monoisotopic (exact) mass is 397 g/mol. The molecule has 1 aliphatic rings. The van der Waals surface area contributed by atoms with Crippen molar-refractivity contribution in [2.24, 2.45) is 0 Å². The molecule has 0 spiro atoms. The number of benzene rings is 1. The molecule has 1 aliphatic heterocycles. The van der Waals surface area contributed by atoms with Crippen LogP contribution in [0.4, 0.5) is 20.3 Å². The molecule has 1 fully saturated rings. The van der Waals surface area contributed by atoms with Gasteiger partial charge in [-0.25, -0.2) is 28.7 Å².